The van der Waals surface area contributed by atoms with E-state index in [-0.39, 0.29) is 16.0 Å². The minimum atomic E-state index is -3.89. The molecule has 3 aromatic heterocycles. The maximum absolute atomic E-state index is 12.4. The molecular formula is C9H9N7O2S2. The van der Waals surface area contributed by atoms with Crippen LogP contribution in [-0.4, -0.2) is 28.0 Å². The van der Waals surface area contributed by atoms with Gasteiger partial charge in [0.2, 0.25) is 10.2 Å². The summed E-state index contributed by atoms with van der Waals surface area (Å²) in [6, 6.07) is 5.11. The predicted molar refractivity (Wildman–Crippen MR) is 73.7 cm³/mol. The van der Waals surface area contributed by atoms with E-state index >= 15 is 0 Å². The lowest BCUT2D eigenvalue weighted by atomic mass is 10.5. The van der Waals surface area contributed by atoms with Gasteiger partial charge < -0.3 is 5.43 Å². The van der Waals surface area contributed by atoms with Crippen molar-refractivity contribution >= 4 is 38.0 Å². The van der Waals surface area contributed by atoms with Crippen molar-refractivity contribution in [1.82, 2.24) is 19.6 Å². The molecule has 0 amide bonds. The largest absolute Gasteiger partial charge is 0.306 e. The number of nitrogens with one attached hydrogen (secondary N) is 2. The van der Waals surface area contributed by atoms with Crippen molar-refractivity contribution in [3.8, 4) is 0 Å². The van der Waals surface area contributed by atoms with Crippen LogP contribution in [0.4, 0.5) is 10.9 Å². The lowest BCUT2D eigenvalue weighted by Gasteiger charge is -2.06. The molecule has 0 radical (unpaired) electrons. The van der Waals surface area contributed by atoms with E-state index in [4.69, 9.17) is 5.84 Å². The van der Waals surface area contributed by atoms with E-state index in [2.05, 4.69) is 25.3 Å². The Morgan fingerprint density at radius 3 is 2.90 bits per heavy atom. The summed E-state index contributed by atoms with van der Waals surface area (Å²) in [5.41, 5.74) is 4.17. The van der Waals surface area contributed by atoms with Crippen LogP contribution in [0.1, 0.15) is 0 Å². The quantitative estimate of drug-likeness (QED) is 0.466. The number of rotatable bonds is 4. The summed E-state index contributed by atoms with van der Waals surface area (Å²) in [5, 5.41) is 7.29. The maximum Gasteiger partial charge on any atom is 0.283 e. The van der Waals surface area contributed by atoms with Crippen molar-refractivity contribution in [1.29, 1.82) is 0 Å². The summed E-state index contributed by atoms with van der Waals surface area (Å²) in [5.74, 6) is 5.39. The first kappa shape index (κ1) is 12.8. The number of aromatic nitrogens is 4. The molecule has 4 N–H and O–H groups in total. The highest BCUT2D eigenvalue weighted by atomic mass is 32.2. The predicted octanol–water partition coefficient (Wildman–Crippen LogP) is 0.272. The first-order chi connectivity index (χ1) is 9.62. The van der Waals surface area contributed by atoms with Gasteiger partial charge in [-0.3, -0.25) is 9.12 Å². The van der Waals surface area contributed by atoms with Crippen molar-refractivity contribution in [2.24, 2.45) is 5.84 Å². The number of imidazole rings is 1. The number of pyridine rings is 1. The number of hydrogen-bond acceptors (Lipinski definition) is 8. The molecule has 0 aliphatic heterocycles. The smallest absolute Gasteiger partial charge is 0.283 e. The Kier molecular flexibility index (Phi) is 3.00. The molecule has 20 heavy (non-hydrogen) atoms. The Balaban J connectivity index is 2.17. The second-order valence-corrected chi connectivity index (χ2v) is 6.12. The zero-order valence-corrected chi connectivity index (χ0v) is 11.5. The van der Waals surface area contributed by atoms with Crippen LogP contribution >= 0.6 is 11.3 Å². The Labute approximate surface area is 117 Å². The average molecular weight is 311 g/mol. The molecule has 0 aliphatic carbocycles. The normalized spacial score (nSPS) is 11.7. The topological polar surface area (TPSA) is 127 Å². The van der Waals surface area contributed by atoms with Gasteiger partial charge in [-0.2, -0.15) is 8.42 Å². The number of nitrogen functional groups attached to an aromatic ring is 1. The zero-order chi connectivity index (χ0) is 14.2. The number of nitrogens with two attached hydrogens (primary N) is 1. The Hall–Kier alpha value is -2.24. The summed E-state index contributed by atoms with van der Waals surface area (Å²) < 4.78 is 28.6. The summed E-state index contributed by atoms with van der Waals surface area (Å²) >= 11 is 1.07. The zero-order valence-electron chi connectivity index (χ0n) is 9.89. The molecule has 0 aliphatic rings. The van der Waals surface area contributed by atoms with E-state index in [1.165, 1.54) is 9.91 Å². The van der Waals surface area contributed by atoms with E-state index in [1.807, 2.05) is 0 Å². The lowest BCUT2D eigenvalue weighted by Crippen LogP contribution is -2.18. The molecule has 0 aromatic carbocycles. The van der Waals surface area contributed by atoms with Gasteiger partial charge in [0, 0.05) is 6.20 Å². The minimum absolute atomic E-state index is 0.0493. The molecule has 0 unspecified atom stereocenters. The summed E-state index contributed by atoms with van der Waals surface area (Å²) in [7, 11) is -3.89. The van der Waals surface area contributed by atoms with E-state index < -0.39 is 10.0 Å². The Morgan fingerprint density at radius 2 is 2.20 bits per heavy atom. The number of anilines is 2. The second kappa shape index (κ2) is 4.70. The highest BCUT2D eigenvalue weighted by Crippen LogP contribution is 2.24. The molecule has 0 spiro atoms. The van der Waals surface area contributed by atoms with E-state index in [0.29, 0.717) is 5.65 Å². The van der Waals surface area contributed by atoms with Gasteiger partial charge in [-0.1, -0.05) is 17.4 Å². The van der Waals surface area contributed by atoms with Gasteiger partial charge in [0.05, 0.1) is 0 Å². The summed E-state index contributed by atoms with van der Waals surface area (Å²) in [4.78, 5) is 4.10. The van der Waals surface area contributed by atoms with Crippen LogP contribution in [0.5, 0.6) is 0 Å². The Morgan fingerprint density at radius 1 is 1.35 bits per heavy atom. The van der Waals surface area contributed by atoms with Crippen LogP contribution in [0, 0.1) is 0 Å². The third kappa shape index (κ3) is 2.07. The first-order valence-corrected chi connectivity index (χ1v) is 7.71. The number of hydrazine groups is 1. The van der Waals surface area contributed by atoms with Gasteiger partial charge in [-0.15, -0.1) is 10.2 Å². The fraction of sp³-hybridized carbons (Fsp3) is 0. The lowest BCUT2D eigenvalue weighted by molar-refractivity contribution is 0.596. The van der Waals surface area contributed by atoms with Crippen LogP contribution in [0.2, 0.25) is 0 Å². The van der Waals surface area contributed by atoms with Crippen LogP contribution in [0.3, 0.4) is 0 Å². The molecule has 9 nitrogen and oxygen atoms in total. The maximum atomic E-state index is 12.4. The van der Waals surface area contributed by atoms with Crippen molar-refractivity contribution in [2.45, 2.75) is 5.03 Å². The molecule has 3 rings (SSSR count). The molecule has 0 bridgehead atoms. The highest BCUT2D eigenvalue weighted by Gasteiger charge is 2.25. The van der Waals surface area contributed by atoms with Gasteiger partial charge in [0.1, 0.15) is 11.2 Å². The van der Waals surface area contributed by atoms with Gasteiger partial charge in [-0.05, 0) is 12.1 Å². The summed E-state index contributed by atoms with van der Waals surface area (Å²) in [6.07, 6.45) is 1.58. The highest BCUT2D eigenvalue weighted by molar-refractivity contribution is 7.93. The van der Waals surface area contributed by atoms with Crippen LogP contribution < -0.4 is 16.0 Å². The van der Waals surface area contributed by atoms with Crippen molar-refractivity contribution in [3.05, 3.63) is 29.9 Å². The summed E-state index contributed by atoms with van der Waals surface area (Å²) in [6.45, 7) is 0. The SMILES string of the molecule is NNc1nc2ccccn2c1S(=O)(=O)Nc1nncs1. The standard InChI is InChI=1S/C9H9N7O2S2/c10-13-7-8(16-4-2-1-3-6(16)12-7)20(17,18)15-9-14-11-5-19-9/h1-5,13H,10H2,(H,14,15). The third-order valence-electron chi connectivity index (χ3n) is 2.46. The van der Waals surface area contributed by atoms with Crippen molar-refractivity contribution in [3.63, 3.8) is 0 Å². The average Bonchev–Trinajstić information content (AvgIpc) is 3.04. The fourth-order valence-electron chi connectivity index (χ4n) is 1.70. The number of sulfonamides is 1. The number of hydrogen-bond donors (Lipinski definition) is 3. The molecule has 0 atom stereocenters. The van der Waals surface area contributed by atoms with Crippen LogP contribution in [0.15, 0.2) is 34.9 Å². The van der Waals surface area contributed by atoms with E-state index in [1.54, 1.807) is 24.4 Å². The van der Waals surface area contributed by atoms with Gasteiger partial charge in [-0.25, -0.2) is 10.8 Å². The minimum Gasteiger partial charge on any atom is -0.306 e. The molecule has 11 heteroatoms. The van der Waals surface area contributed by atoms with E-state index in [0.717, 1.165) is 11.3 Å². The molecule has 3 aromatic rings. The van der Waals surface area contributed by atoms with Gasteiger partial charge in [0.15, 0.2) is 5.82 Å². The molecule has 0 saturated carbocycles. The van der Waals surface area contributed by atoms with Crippen molar-refractivity contribution in [2.75, 3.05) is 10.1 Å². The van der Waals surface area contributed by atoms with Crippen LogP contribution in [-0.2, 0) is 10.0 Å². The molecular weight excluding hydrogens is 302 g/mol. The number of nitrogens with zero attached hydrogens (tertiary/aromatic N) is 4. The first-order valence-electron chi connectivity index (χ1n) is 5.34. The third-order valence-corrected chi connectivity index (χ3v) is 4.56. The fourth-order valence-corrected chi connectivity index (χ4v) is 3.65. The number of fused-ring (bicyclic) bond motifs is 1. The second-order valence-electron chi connectivity index (χ2n) is 3.69. The monoisotopic (exact) mass is 311 g/mol. The molecule has 3 heterocycles. The van der Waals surface area contributed by atoms with Crippen molar-refractivity contribution < 1.29 is 8.42 Å². The molecule has 0 saturated heterocycles. The molecule has 0 fully saturated rings. The molecule has 104 valence electrons. The van der Waals surface area contributed by atoms with Gasteiger partial charge in [0.25, 0.3) is 10.0 Å². The van der Waals surface area contributed by atoms with E-state index in [9.17, 15) is 8.42 Å². The van der Waals surface area contributed by atoms with Crippen LogP contribution in [0.25, 0.3) is 5.65 Å². The Bertz CT molecular complexity index is 840. The van der Waals surface area contributed by atoms with Gasteiger partial charge >= 0.3 is 0 Å².